The summed E-state index contributed by atoms with van der Waals surface area (Å²) in [7, 11) is 1.89. The number of piperazine rings is 1. The smallest absolute Gasteiger partial charge is 0.270 e. The number of aryl methyl sites for hydroxylation is 1. The van der Waals surface area contributed by atoms with Crippen molar-refractivity contribution in [2.45, 2.75) is 6.54 Å². The van der Waals surface area contributed by atoms with Gasteiger partial charge in [-0.1, -0.05) is 12.1 Å². The van der Waals surface area contributed by atoms with Crippen LogP contribution in [0.4, 0.5) is 5.82 Å². The van der Waals surface area contributed by atoms with Gasteiger partial charge in [-0.25, -0.2) is 9.97 Å². The summed E-state index contributed by atoms with van der Waals surface area (Å²) in [6.07, 6.45) is 1.89. The number of carbonyl (C=O) groups is 1. The van der Waals surface area contributed by atoms with Gasteiger partial charge in [-0.05, 0) is 24.3 Å². The van der Waals surface area contributed by atoms with E-state index < -0.39 is 0 Å². The summed E-state index contributed by atoms with van der Waals surface area (Å²) in [4.78, 5) is 25.8. The number of nitrogens with two attached hydrogens (primary N) is 1. The molecule has 1 aliphatic heterocycles. The Balaban J connectivity index is 1.41. The number of anilines is 1. The minimum atomic E-state index is 0.0864. The average Bonchev–Trinajstić information content (AvgIpc) is 3.08. The highest BCUT2D eigenvalue weighted by Gasteiger charge is 2.24. The van der Waals surface area contributed by atoms with Gasteiger partial charge in [0.25, 0.3) is 5.91 Å². The lowest BCUT2D eigenvalue weighted by Gasteiger charge is -2.34. The first kappa shape index (κ1) is 16.5. The van der Waals surface area contributed by atoms with Gasteiger partial charge in [0.1, 0.15) is 17.3 Å². The molecule has 1 aromatic carbocycles. The number of nitrogen functional groups attached to an aromatic ring is 1. The number of aromatic nitrogens is 3. The summed E-state index contributed by atoms with van der Waals surface area (Å²) in [5.74, 6) is 1.33. The van der Waals surface area contributed by atoms with Gasteiger partial charge in [-0.15, -0.1) is 0 Å². The largest absolute Gasteiger partial charge is 0.383 e. The zero-order valence-corrected chi connectivity index (χ0v) is 14.8. The van der Waals surface area contributed by atoms with E-state index in [1.807, 2.05) is 59.1 Å². The fourth-order valence-electron chi connectivity index (χ4n) is 3.38. The van der Waals surface area contributed by atoms with Crippen molar-refractivity contribution >= 4 is 22.6 Å². The van der Waals surface area contributed by atoms with Crippen LogP contribution in [0.3, 0.4) is 0 Å². The number of benzene rings is 1. The van der Waals surface area contributed by atoms with E-state index in [1.165, 1.54) is 0 Å². The van der Waals surface area contributed by atoms with Gasteiger partial charge < -0.3 is 15.2 Å². The van der Waals surface area contributed by atoms with E-state index >= 15 is 0 Å². The van der Waals surface area contributed by atoms with E-state index in [1.54, 1.807) is 0 Å². The van der Waals surface area contributed by atoms with Crippen LogP contribution < -0.4 is 5.73 Å². The van der Waals surface area contributed by atoms with Gasteiger partial charge in [0, 0.05) is 44.8 Å². The van der Waals surface area contributed by atoms with Crippen molar-refractivity contribution in [3.8, 4) is 0 Å². The van der Waals surface area contributed by atoms with Gasteiger partial charge in [0.2, 0.25) is 0 Å². The zero-order chi connectivity index (χ0) is 18.1. The molecule has 7 heteroatoms. The minimum absolute atomic E-state index is 0.0864. The summed E-state index contributed by atoms with van der Waals surface area (Å²) in [6.45, 7) is 3.64. The molecule has 0 unspecified atom stereocenters. The van der Waals surface area contributed by atoms with Crippen LogP contribution in [-0.2, 0) is 13.6 Å². The Morgan fingerprint density at radius 3 is 2.58 bits per heavy atom. The van der Waals surface area contributed by atoms with Crippen LogP contribution in [0.1, 0.15) is 16.3 Å². The molecule has 0 atom stereocenters. The van der Waals surface area contributed by atoms with Crippen LogP contribution in [0.2, 0.25) is 0 Å². The summed E-state index contributed by atoms with van der Waals surface area (Å²) < 4.78 is 1.86. The first-order valence-electron chi connectivity index (χ1n) is 8.76. The summed E-state index contributed by atoms with van der Waals surface area (Å²) in [5.41, 5.74) is 7.66. The Labute approximate surface area is 152 Å². The van der Waals surface area contributed by atoms with Gasteiger partial charge in [-0.3, -0.25) is 9.69 Å². The van der Waals surface area contributed by atoms with Crippen LogP contribution in [0.15, 0.2) is 42.6 Å². The predicted octanol–water partition coefficient (Wildman–Crippen LogP) is 1.51. The number of hydrogen-bond donors (Lipinski definition) is 1. The maximum atomic E-state index is 12.6. The molecule has 134 valence electrons. The number of amides is 1. The fourth-order valence-corrected chi connectivity index (χ4v) is 3.38. The quantitative estimate of drug-likeness (QED) is 0.774. The third kappa shape index (κ3) is 3.13. The van der Waals surface area contributed by atoms with Crippen molar-refractivity contribution in [1.82, 2.24) is 24.3 Å². The van der Waals surface area contributed by atoms with Crippen molar-refractivity contribution in [2.24, 2.45) is 7.05 Å². The van der Waals surface area contributed by atoms with Crippen molar-refractivity contribution in [3.63, 3.8) is 0 Å². The van der Waals surface area contributed by atoms with Gasteiger partial charge in [0.05, 0.1) is 12.1 Å². The summed E-state index contributed by atoms with van der Waals surface area (Å²) >= 11 is 0. The van der Waals surface area contributed by atoms with Crippen LogP contribution in [-0.4, -0.2) is 56.4 Å². The lowest BCUT2D eigenvalue weighted by molar-refractivity contribution is 0.0616. The molecule has 0 saturated carbocycles. The lowest BCUT2D eigenvalue weighted by atomic mass is 10.2. The predicted molar refractivity (Wildman–Crippen MR) is 101 cm³/mol. The average molecular weight is 350 g/mol. The molecule has 26 heavy (non-hydrogen) atoms. The highest BCUT2D eigenvalue weighted by atomic mass is 16.2. The standard InChI is InChI=1S/C19H22N6O/c1-23-8-4-7-16(23)19(26)25-11-9-24(10-12-25)13-17-21-15-6-3-2-5-14(15)18(20)22-17/h2-8H,9-13H2,1H3,(H2,20,21,22). The number of para-hydroxylation sites is 1. The van der Waals surface area contributed by atoms with E-state index in [2.05, 4.69) is 14.9 Å². The van der Waals surface area contributed by atoms with Gasteiger partial charge >= 0.3 is 0 Å². The number of carbonyl (C=O) groups excluding carboxylic acids is 1. The van der Waals surface area contributed by atoms with Crippen LogP contribution in [0.25, 0.3) is 10.9 Å². The third-order valence-electron chi connectivity index (χ3n) is 4.87. The maximum Gasteiger partial charge on any atom is 0.270 e. The number of rotatable bonds is 3. The molecular weight excluding hydrogens is 328 g/mol. The molecule has 0 spiro atoms. The molecule has 7 nitrogen and oxygen atoms in total. The Morgan fingerprint density at radius 1 is 1.08 bits per heavy atom. The molecule has 3 aromatic rings. The Morgan fingerprint density at radius 2 is 1.85 bits per heavy atom. The number of fused-ring (bicyclic) bond motifs is 1. The second-order valence-electron chi connectivity index (χ2n) is 6.61. The third-order valence-corrected chi connectivity index (χ3v) is 4.87. The normalized spacial score (nSPS) is 15.5. The Kier molecular flexibility index (Phi) is 4.30. The molecule has 2 aromatic heterocycles. The second-order valence-corrected chi connectivity index (χ2v) is 6.61. The molecule has 1 aliphatic rings. The molecule has 3 heterocycles. The number of nitrogens with zero attached hydrogens (tertiary/aromatic N) is 5. The summed E-state index contributed by atoms with van der Waals surface area (Å²) in [6, 6.07) is 11.5. The van der Waals surface area contributed by atoms with Crippen LogP contribution in [0.5, 0.6) is 0 Å². The second kappa shape index (κ2) is 6.76. The first-order chi connectivity index (χ1) is 12.6. The van der Waals surface area contributed by atoms with Crippen LogP contribution >= 0.6 is 0 Å². The first-order valence-corrected chi connectivity index (χ1v) is 8.76. The molecule has 1 saturated heterocycles. The van der Waals surface area contributed by atoms with E-state index in [0.29, 0.717) is 25.5 Å². The molecule has 2 N–H and O–H groups in total. The van der Waals surface area contributed by atoms with Crippen molar-refractivity contribution in [1.29, 1.82) is 0 Å². The molecule has 4 rings (SSSR count). The van der Waals surface area contributed by atoms with Crippen molar-refractivity contribution in [3.05, 3.63) is 54.1 Å². The minimum Gasteiger partial charge on any atom is -0.383 e. The molecule has 0 radical (unpaired) electrons. The maximum absolute atomic E-state index is 12.6. The fraction of sp³-hybridized carbons (Fsp3) is 0.316. The summed E-state index contributed by atoms with van der Waals surface area (Å²) in [5, 5.41) is 0.884. The van der Waals surface area contributed by atoms with Gasteiger partial charge in [0.15, 0.2) is 0 Å². The van der Waals surface area contributed by atoms with E-state index in [4.69, 9.17) is 5.73 Å². The highest BCUT2D eigenvalue weighted by Crippen LogP contribution is 2.18. The van der Waals surface area contributed by atoms with E-state index in [-0.39, 0.29) is 5.91 Å². The van der Waals surface area contributed by atoms with Crippen molar-refractivity contribution in [2.75, 3.05) is 31.9 Å². The molecule has 1 amide bonds. The molecule has 0 aliphatic carbocycles. The highest BCUT2D eigenvalue weighted by molar-refractivity contribution is 5.92. The molecule has 0 bridgehead atoms. The van der Waals surface area contributed by atoms with Gasteiger partial charge in [-0.2, -0.15) is 0 Å². The van der Waals surface area contributed by atoms with E-state index in [9.17, 15) is 4.79 Å². The molecular formula is C19H22N6O. The SMILES string of the molecule is Cn1cccc1C(=O)N1CCN(Cc2nc(N)c3ccccc3n2)CC1. The zero-order valence-electron chi connectivity index (χ0n) is 14.8. The number of hydrogen-bond acceptors (Lipinski definition) is 5. The lowest BCUT2D eigenvalue weighted by Crippen LogP contribution is -2.48. The monoisotopic (exact) mass is 350 g/mol. The van der Waals surface area contributed by atoms with Crippen molar-refractivity contribution < 1.29 is 4.79 Å². The van der Waals surface area contributed by atoms with E-state index in [0.717, 1.165) is 35.5 Å². The van der Waals surface area contributed by atoms with Crippen LogP contribution in [0, 0.1) is 0 Å². The topological polar surface area (TPSA) is 80.3 Å². The Bertz CT molecular complexity index is 942. The Hall–Kier alpha value is -2.93. The molecule has 1 fully saturated rings.